The van der Waals surface area contributed by atoms with E-state index >= 15 is 0 Å². The van der Waals surface area contributed by atoms with Crippen LogP contribution in [0.25, 0.3) is 10.8 Å². The van der Waals surface area contributed by atoms with Gasteiger partial charge < -0.3 is 0 Å². The fourth-order valence-electron chi connectivity index (χ4n) is 3.04. The van der Waals surface area contributed by atoms with Crippen LogP contribution in [0, 0.1) is 11.6 Å². The number of halogens is 2. The van der Waals surface area contributed by atoms with E-state index in [1.54, 1.807) is 18.2 Å². The van der Waals surface area contributed by atoms with Crippen LogP contribution in [0.4, 0.5) is 8.78 Å². The lowest BCUT2D eigenvalue weighted by molar-refractivity contribution is 0.103. The molecule has 0 aromatic heterocycles. The van der Waals surface area contributed by atoms with Crippen LogP contribution >= 0.6 is 0 Å². The van der Waals surface area contributed by atoms with Crippen LogP contribution in [0.2, 0.25) is 0 Å². The third-order valence-electron chi connectivity index (χ3n) is 4.01. The normalized spacial score (nSPS) is 13.1. The Labute approximate surface area is 119 Å². The summed E-state index contributed by atoms with van der Waals surface area (Å²) < 4.78 is 27.7. The van der Waals surface area contributed by atoms with Gasteiger partial charge in [-0.05, 0) is 34.5 Å². The average molecular weight is 280 g/mol. The Kier molecular flexibility index (Phi) is 2.45. The van der Waals surface area contributed by atoms with Crippen molar-refractivity contribution in [3.8, 4) is 0 Å². The monoisotopic (exact) mass is 280 g/mol. The van der Waals surface area contributed by atoms with Gasteiger partial charge >= 0.3 is 0 Å². The van der Waals surface area contributed by atoms with Gasteiger partial charge in [0.05, 0.1) is 0 Å². The Morgan fingerprint density at radius 2 is 1.76 bits per heavy atom. The molecule has 21 heavy (non-hydrogen) atoms. The summed E-state index contributed by atoms with van der Waals surface area (Å²) in [6, 6.07) is 12.6. The van der Waals surface area contributed by atoms with E-state index in [4.69, 9.17) is 0 Å². The first-order valence-electron chi connectivity index (χ1n) is 6.68. The van der Waals surface area contributed by atoms with Gasteiger partial charge in [0.1, 0.15) is 11.6 Å². The molecule has 0 saturated heterocycles. The largest absolute Gasteiger partial charge is 0.289 e. The summed E-state index contributed by atoms with van der Waals surface area (Å²) in [4.78, 5) is 12.7. The SMILES string of the molecule is O=C1c2ccccc2Cc2c(F)cc3cc(F)ccc3c21. The topological polar surface area (TPSA) is 17.1 Å². The number of hydrogen-bond donors (Lipinski definition) is 0. The Morgan fingerprint density at radius 1 is 0.952 bits per heavy atom. The summed E-state index contributed by atoms with van der Waals surface area (Å²) in [6.45, 7) is 0. The summed E-state index contributed by atoms with van der Waals surface area (Å²) >= 11 is 0. The molecule has 1 aliphatic carbocycles. The Balaban J connectivity index is 2.09. The zero-order chi connectivity index (χ0) is 14.6. The second-order valence-electron chi connectivity index (χ2n) is 5.24. The third-order valence-corrected chi connectivity index (χ3v) is 4.01. The molecule has 0 heterocycles. The van der Waals surface area contributed by atoms with Gasteiger partial charge in [-0.2, -0.15) is 0 Å². The van der Waals surface area contributed by atoms with E-state index in [0.717, 1.165) is 5.56 Å². The maximum atomic E-state index is 14.3. The average Bonchev–Trinajstić information content (AvgIpc) is 2.48. The predicted octanol–water partition coefficient (Wildman–Crippen LogP) is 4.25. The molecule has 0 N–H and O–H groups in total. The molecule has 0 radical (unpaired) electrons. The standard InChI is InChI=1S/C18H10F2O/c19-12-5-6-13-11(7-12)9-16(20)15-8-10-3-1-2-4-14(10)18(21)17(13)15/h1-7,9H,8H2. The van der Waals surface area contributed by atoms with E-state index < -0.39 is 11.6 Å². The zero-order valence-electron chi connectivity index (χ0n) is 11.0. The molecule has 0 atom stereocenters. The molecule has 0 fully saturated rings. The molecule has 3 aromatic carbocycles. The van der Waals surface area contributed by atoms with Crippen LogP contribution in [0.15, 0.2) is 48.5 Å². The molecule has 4 rings (SSSR count). The van der Waals surface area contributed by atoms with Crippen LogP contribution < -0.4 is 0 Å². The van der Waals surface area contributed by atoms with Crippen LogP contribution in [0.1, 0.15) is 27.0 Å². The zero-order valence-corrected chi connectivity index (χ0v) is 11.0. The fraction of sp³-hybridized carbons (Fsp3) is 0.0556. The number of carbonyl (C=O) groups is 1. The van der Waals surface area contributed by atoms with Gasteiger partial charge in [0, 0.05) is 23.1 Å². The summed E-state index contributed by atoms with van der Waals surface area (Å²) in [5.41, 5.74) is 2.19. The molecule has 102 valence electrons. The van der Waals surface area contributed by atoms with E-state index in [2.05, 4.69) is 0 Å². The lowest BCUT2D eigenvalue weighted by Crippen LogP contribution is -2.17. The number of carbonyl (C=O) groups excluding carboxylic acids is 1. The van der Waals surface area contributed by atoms with Gasteiger partial charge in [0.25, 0.3) is 0 Å². The van der Waals surface area contributed by atoms with Crippen LogP contribution in [-0.2, 0) is 6.42 Å². The molecule has 3 heteroatoms. The lowest BCUT2D eigenvalue weighted by Gasteiger charge is -2.20. The highest BCUT2D eigenvalue weighted by Crippen LogP contribution is 2.34. The van der Waals surface area contributed by atoms with Crippen LogP contribution in [0.5, 0.6) is 0 Å². The molecule has 1 nitrogen and oxygen atoms in total. The maximum absolute atomic E-state index is 14.3. The summed E-state index contributed by atoms with van der Waals surface area (Å²) in [5, 5.41) is 1.02. The minimum Gasteiger partial charge on any atom is -0.289 e. The van der Waals surface area contributed by atoms with Crippen molar-refractivity contribution < 1.29 is 13.6 Å². The van der Waals surface area contributed by atoms with Gasteiger partial charge in [0.2, 0.25) is 0 Å². The van der Waals surface area contributed by atoms with Gasteiger partial charge in [-0.15, -0.1) is 0 Å². The Bertz CT molecular complexity index is 912. The molecule has 3 aromatic rings. The Hall–Kier alpha value is -2.55. The summed E-state index contributed by atoms with van der Waals surface area (Å²) in [5.74, 6) is -1.08. The van der Waals surface area contributed by atoms with Crippen LogP contribution in [-0.4, -0.2) is 5.78 Å². The van der Waals surface area contributed by atoms with Crippen molar-refractivity contribution in [3.63, 3.8) is 0 Å². The lowest BCUT2D eigenvalue weighted by atomic mass is 9.82. The molecule has 0 aliphatic heterocycles. The van der Waals surface area contributed by atoms with Gasteiger partial charge in [-0.1, -0.05) is 30.3 Å². The highest BCUT2D eigenvalue weighted by atomic mass is 19.1. The number of ketones is 1. The first-order chi connectivity index (χ1) is 10.1. The minimum absolute atomic E-state index is 0.192. The number of benzene rings is 3. The van der Waals surface area contributed by atoms with E-state index in [0.29, 0.717) is 33.9 Å². The van der Waals surface area contributed by atoms with Crippen molar-refractivity contribution >= 4 is 16.6 Å². The van der Waals surface area contributed by atoms with Crippen molar-refractivity contribution in [1.82, 2.24) is 0 Å². The van der Waals surface area contributed by atoms with Crippen molar-refractivity contribution in [2.45, 2.75) is 6.42 Å². The minimum atomic E-state index is -0.453. The Morgan fingerprint density at radius 3 is 2.62 bits per heavy atom. The molecule has 0 bridgehead atoms. The molecule has 0 saturated carbocycles. The molecule has 0 spiro atoms. The first kappa shape index (κ1) is 12.2. The fourth-order valence-corrected chi connectivity index (χ4v) is 3.04. The smallest absolute Gasteiger partial charge is 0.194 e. The molecule has 0 amide bonds. The van der Waals surface area contributed by atoms with Crippen molar-refractivity contribution in [3.05, 3.63) is 82.4 Å². The van der Waals surface area contributed by atoms with E-state index in [1.807, 2.05) is 12.1 Å². The second kappa shape index (κ2) is 4.22. The van der Waals surface area contributed by atoms with Crippen molar-refractivity contribution in [2.24, 2.45) is 0 Å². The molecular formula is C18H10F2O. The predicted molar refractivity (Wildman–Crippen MR) is 76.5 cm³/mol. The van der Waals surface area contributed by atoms with E-state index in [9.17, 15) is 13.6 Å². The number of hydrogen-bond acceptors (Lipinski definition) is 1. The number of rotatable bonds is 0. The van der Waals surface area contributed by atoms with Gasteiger partial charge in [-0.25, -0.2) is 8.78 Å². The maximum Gasteiger partial charge on any atom is 0.194 e. The highest BCUT2D eigenvalue weighted by molar-refractivity contribution is 6.19. The highest BCUT2D eigenvalue weighted by Gasteiger charge is 2.27. The first-order valence-corrected chi connectivity index (χ1v) is 6.68. The second-order valence-corrected chi connectivity index (χ2v) is 5.24. The molecular weight excluding hydrogens is 270 g/mol. The number of fused-ring (bicyclic) bond motifs is 4. The van der Waals surface area contributed by atoms with Crippen LogP contribution in [0.3, 0.4) is 0 Å². The van der Waals surface area contributed by atoms with Crippen molar-refractivity contribution in [2.75, 3.05) is 0 Å². The summed E-state index contributed by atoms with van der Waals surface area (Å²) in [6.07, 6.45) is 0.385. The van der Waals surface area contributed by atoms with E-state index in [-0.39, 0.29) is 5.78 Å². The summed E-state index contributed by atoms with van der Waals surface area (Å²) in [7, 11) is 0. The molecule has 1 aliphatic rings. The molecule has 0 unspecified atom stereocenters. The van der Waals surface area contributed by atoms with Crippen molar-refractivity contribution in [1.29, 1.82) is 0 Å². The van der Waals surface area contributed by atoms with Gasteiger partial charge in [-0.3, -0.25) is 4.79 Å². The quantitative estimate of drug-likeness (QED) is 0.470. The van der Waals surface area contributed by atoms with Gasteiger partial charge in [0.15, 0.2) is 5.78 Å². The third kappa shape index (κ3) is 1.70. The van der Waals surface area contributed by atoms with E-state index in [1.165, 1.54) is 18.2 Å².